The summed E-state index contributed by atoms with van der Waals surface area (Å²) in [5.41, 5.74) is 0.607. The van der Waals surface area contributed by atoms with E-state index in [1.54, 1.807) is 0 Å². The van der Waals surface area contributed by atoms with E-state index in [0.717, 1.165) is 24.7 Å². The first-order chi connectivity index (χ1) is 16.4. The standard InChI is InChI=1S/C18H33NO2.C11H18O2/c1-4-14(5-2)12-15-13-16(18(20)21-6-3)17(15)19-10-8-7-9-11-19;1-3-8(4-2)5-9-6-10(7-9)11(12)13/h14-17H,4-13H2,1-3H3;6,8-9H,3-5,7H2,1-2H3,(H,12,13). The van der Waals surface area contributed by atoms with Gasteiger partial charge in [-0.25, -0.2) is 4.79 Å². The normalized spacial score (nSPS) is 26.7. The lowest BCUT2D eigenvalue weighted by Crippen LogP contribution is -2.58. The van der Waals surface area contributed by atoms with Crippen LogP contribution < -0.4 is 0 Å². The largest absolute Gasteiger partial charge is 0.478 e. The molecule has 5 nitrogen and oxygen atoms in total. The van der Waals surface area contributed by atoms with Gasteiger partial charge in [-0.1, -0.05) is 65.9 Å². The highest BCUT2D eigenvalue weighted by Gasteiger charge is 2.49. The minimum Gasteiger partial charge on any atom is -0.478 e. The number of esters is 1. The molecule has 4 unspecified atom stereocenters. The number of ether oxygens (including phenoxy) is 1. The topological polar surface area (TPSA) is 66.8 Å². The summed E-state index contributed by atoms with van der Waals surface area (Å²) >= 11 is 0. The van der Waals surface area contributed by atoms with Crippen LogP contribution in [0.25, 0.3) is 0 Å². The van der Waals surface area contributed by atoms with Crippen molar-refractivity contribution < 1.29 is 19.4 Å². The van der Waals surface area contributed by atoms with Gasteiger partial charge in [-0.15, -0.1) is 0 Å². The number of rotatable bonds is 12. The summed E-state index contributed by atoms with van der Waals surface area (Å²) in [6, 6.07) is 0.463. The van der Waals surface area contributed by atoms with Crippen molar-refractivity contribution in [2.45, 2.75) is 111 Å². The molecule has 0 amide bonds. The summed E-state index contributed by atoms with van der Waals surface area (Å²) < 4.78 is 5.31. The number of aliphatic carboxylic acids is 1. The zero-order valence-electron chi connectivity index (χ0n) is 22.6. The number of piperidine rings is 1. The number of hydrogen-bond acceptors (Lipinski definition) is 4. The first kappa shape index (κ1) is 28.9. The fourth-order valence-electron chi connectivity index (χ4n) is 6.17. The van der Waals surface area contributed by atoms with Gasteiger partial charge in [0.1, 0.15) is 0 Å². The Balaban J connectivity index is 0.000000270. The number of carboxylic acid groups (broad SMARTS) is 1. The molecule has 1 heterocycles. The molecule has 34 heavy (non-hydrogen) atoms. The molecule has 0 radical (unpaired) electrons. The van der Waals surface area contributed by atoms with Gasteiger partial charge in [0.25, 0.3) is 0 Å². The second-order valence-electron chi connectivity index (χ2n) is 10.7. The highest BCUT2D eigenvalue weighted by Crippen LogP contribution is 2.44. The van der Waals surface area contributed by atoms with Crippen molar-refractivity contribution in [3.63, 3.8) is 0 Å². The minimum absolute atomic E-state index is 0.0499. The summed E-state index contributed by atoms with van der Waals surface area (Å²) in [6.07, 6.45) is 15.1. The van der Waals surface area contributed by atoms with Gasteiger partial charge in [0, 0.05) is 11.6 Å². The molecule has 1 aliphatic heterocycles. The highest BCUT2D eigenvalue weighted by molar-refractivity contribution is 5.88. The predicted octanol–water partition coefficient (Wildman–Crippen LogP) is 6.71. The number of likely N-dealkylation sites (tertiary alicyclic amines) is 1. The van der Waals surface area contributed by atoms with E-state index in [2.05, 4.69) is 32.6 Å². The van der Waals surface area contributed by atoms with E-state index in [9.17, 15) is 9.59 Å². The average Bonchev–Trinajstić information content (AvgIpc) is 2.79. The number of nitrogens with zero attached hydrogens (tertiary/aromatic N) is 1. The predicted molar refractivity (Wildman–Crippen MR) is 139 cm³/mol. The minimum atomic E-state index is -0.735. The second-order valence-corrected chi connectivity index (χ2v) is 10.7. The molecule has 3 aliphatic rings. The quantitative estimate of drug-likeness (QED) is 0.316. The van der Waals surface area contributed by atoms with Crippen molar-refractivity contribution in [3.05, 3.63) is 11.6 Å². The SMILES string of the molecule is CCC(CC)CC1C=C(C(=O)O)C1.CCOC(=O)C1CC(CC(CC)CC)C1N1CCCCC1. The smallest absolute Gasteiger partial charge is 0.331 e. The third-order valence-corrected chi connectivity index (χ3v) is 8.63. The fraction of sp³-hybridized carbons (Fsp3) is 0.862. The molecular formula is C29H51NO4. The van der Waals surface area contributed by atoms with Gasteiger partial charge in [-0.05, 0) is 82.2 Å². The zero-order chi connectivity index (χ0) is 25.1. The number of hydrogen-bond donors (Lipinski definition) is 1. The molecule has 0 aromatic carbocycles. The van der Waals surface area contributed by atoms with Crippen LogP contribution in [-0.4, -0.2) is 47.7 Å². The molecule has 4 atom stereocenters. The molecule has 5 heteroatoms. The van der Waals surface area contributed by atoms with Crippen LogP contribution in [0.4, 0.5) is 0 Å². The molecule has 196 valence electrons. The van der Waals surface area contributed by atoms with E-state index in [1.165, 1.54) is 70.9 Å². The van der Waals surface area contributed by atoms with Crippen molar-refractivity contribution >= 4 is 11.9 Å². The fourth-order valence-corrected chi connectivity index (χ4v) is 6.17. The van der Waals surface area contributed by atoms with Crippen molar-refractivity contribution in [1.82, 2.24) is 4.90 Å². The molecule has 0 bridgehead atoms. The summed E-state index contributed by atoms with van der Waals surface area (Å²) in [7, 11) is 0. The first-order valence-electron chi connectivity index (χ1n) is 14.2. The van der Waals surface area contributed by atoms with E-state index >= 15 is 0 Å². The summed E-state index contributed by atoms with van der Waals surface area (Å²) in [5.74, 6) is 2.30. The van der Waals surface area contributed by atoms with Crippen molar-refractivity contribution in [1.29, 1.82) is 0 Å². The van der Waals surface area contributed by atoms with Crippen LogP contribution in [0.5, 0.6) is 0 Å². The Bertz CT molecular complexity index is 647. The Morgan fingerprint density at radius 1 is 0.971 bits per heavy atom. The molecule has 2 aliphatic carbocycles. The summed E-state index contributed by atoms with van der Waals surface area (Å²) in [5, 5.41) is 8.63. The van der Waals surface area contributed by atoms with E-state index in [4.69, 9.17) is 9.84 Å². The van der Waals surface area contributed by atoms with Gasteiger partial charge >= 0.3 is 11.9 Å². The molecule has 1 saturated carbocycles. The van der Waals surface area contributed by atoms with Crippen LogP contribution in [-0.2, 0) is 14.3 Å². The van der Waals surface area contributed by atoms with Gasteiger partial charge in [0.15, 0.2) is 0 Å². The molecule has 1 N–H and O–H groups in total. The summed E-state index contributed by atoms with van der Waals surface area (Å²) in [4.78, 5) is 25.3. The molecule has 1 saturated heterocycles. The van der Waals surface area contributed by atoms with Gasteiger partial charge in [0.05, 0.1) is 12.5 Å². The summed E-state index contributed by atoms with van der Waals surface area (Å²) in [6.45, 7) is 13.8. The Kier molecular flexibility index (Phi) is 12.7. The maximum Gasteiger partial charge on any atom is 0.331 e. The zero-order valence-corrected chi connectivity index (χ0v) is 22.6. The van der Waals surface area contributed by atoms with E-state index < -0.39 is 5.97 Å². The Morgan fingerprint density at radius 2 is 1.53 bits per heavy atom. The lowest BCUT2D eigenvalue weighted by atomic mass is 9.65. The second kappa shape index (κ2) is 14.9. The average molecular weight is 478 g/mol. The molecule has 2 fully saturated rings. The Hall–Kier alpha value is -1.36. The van der Waals surface area contributed by atoms with Crippen LogP contribution in [0.3, 0.4) is 0 Å². The lowest BCUT2D eigenvalue weighted by Gasteiger charge is -2.51. The molecular weight excluding hydrogens is 426 g/mol. The maximum atomic E-state index is 12.2. The molecule has 0 aromatic heterocycles. The van der Waals surface area contributed by atoms with Crippen molar-refractivity contribution in [2.75, 3.05) is 19.7 Å². The third kappa shape index (κ3) is 8.10. The maximum absolute atomic E-state index is 12.2. The van der Waals surface area contributed by atoms with Crippen LogP contribution >= 0.6 is 0 Å². The van der Waals surface area contributed by atoms with Crippen molar-refractivity contribution in [2.24, 2.45) is 29.6 Å². The third-order valence-electron chi connectivity index (χ3n) is 8.63. The number of carbonyl (C=O) groups excluding carboxylic acids is 1. The van der Waals surface area contributed by atoms with Gasteiger partial charge in [0.2, 0.25) is 0 Å². The van der Waals surface area contributed by atoms with Crippen LogP contribution in [0.1, 0.15) is 105 Å². The molecule has 0 aromatic rings. The number of carboxylic acids is 1. The van der Waals surface area contributed by atoms with Crippen LogP contribution in [0.2, 0.25) is 0 Å². The van der Waals surface area contributed by atoms with Crippen molar-refractivity contribution in [3.8, 4) is 0 Å². The first-order valence-corrected chi connectivity index (χ1v) is 14.2. The van der Waals surface area contributed by atoms with E-state index in [1.807, 2.05) is 13.0 Å². The van der Waals surface area contributed by atoms with E-state index in [0.29, 0.717) is 30.1 Å². The van der Waals surface area contributed by atoms with Gasteiger partial charge in [-0.3, -0.25) is 9.69 Å². The monoisotopic (exact) mass is 477 g/mol. The number of allylic oxidation sites excluding steroid dienone is 1. The Labute approximate surface area is 208 Å². The highest BCUT2D eigenvalue weighted by atomic mass is 16.5. The molecule has 0 spiro atoms. The van der Waals surface area contributed by atoms with Crippen LogP contribution in [0.15, 0.2) is 11.6 Å². The lowest BCUT2D eigenvalue weighted by molar-refractivity contribution is -0.160. The number of carbonyl (C=O) groups is 2. The Morgan fingerprint density at radius 3 is 2.03 bits per heavy atom. The van der Waals surface area contributed by atoms with E-state index in [-0.39, 0.29) is 11.9 Å². The van der Waals surface area contributed by atoms with Gasteiger partial charge < -0.3 is 9.84 Å². The van der Waals surface area contributed by atoms with Gasteiger partial charge in [-0.2, -0.15) is 0 Å². The molecule has 3 rings (SSSR count). The van der Waals surface area contributed by atoms with Crippen LogP contribution in [0, 0.1) is 29.6 Å².